The summed E-state index contributed by atoms with van der Waals surface area (Å²) in [7, 11) is 0. The molecule has 31 heavy (non-hydrogen) atoms. The summed E-state index contributed by atoms with van der Waals surface area (Å²) >= 11 is 0. The van der Waals surface area contributed by atoms with E-state index < -0.39 is 0 Å². The first-order valence-corrected chi connectivity index (χ1v) is 9.94. The Morgan fingerprint density at radius 3 is 2.65 bits per heavy atom. The number of rotatable bonds is 3. The third kappa shape index (κ3) is 3.70. The second kappa shape index (κ2) is 7.63. The third-order valence-corrected chi connectivity index (χ3v) is 5.45. The summed E-state index contributed by atoms with van der Waals surface area (Å²) < 4.78 is 38.6. The van der Waals surface area contributed by atoms with E-state index >= 15 is 0 Å². The van der Waals surface area contributed by atoms with Crippen LogP contribution in [0.3, 0.4) is 0 Å². The van der Waals surface area contributed by atoms with Crippen molar-refractivity contribution >= 4 is 11.9 Å². The SMILES string of the molecule is Cc1cc2c(c3c1C(=O)/C(=C/c1cccc(F)c1)O3)CN(Cc1ccc(F)cc1)CO2. The zero-order valence-corrected chi connectivity index (χ0v) is 16.8. The van der Waals surface area contributed by atoms with Crippen molar-refractivity contribution in [3.05, 3.63) is 99.8 Å². The van der Waals surface area contributed by atoms with Gasteiger partial charge in [-0.05, 0) is 60.0 Å². The van der Waals surface area contributed by atoms with Gasteiger partial charge in [0.25, 0.3) is 0 Å². The fourth-order valence-corrected chi connectivity index (χ4v) is 3.97. The van der Waals surface area contributed by atoms with Crippen molar-refractivity contribution < 1.29 is 23.0 Å². The number of Topliss-reactive ketones (excluding diaryl/α,β-unsaturated/α-hetero) is 1. The first-order valence-electron chi connectivity index (χ1n) is 9.94. The second-order valence-corrected chi connectivity index (χ2v) is 7.76. The average Bonchev–Trinajstić information content (AvgIpc) is 3.07. The molecule has 0 radical (unpaired) electrons. The maximum absolute atomic E-state index is 13.5. The lowest BCUT2D eigenvalue weighted by Crippen LogP contribution is -2.31. The van der Waals surface area contributed by atoms with E-state index in [2.05, 4.69) is 0 Å². The summed E-state index contributed by atoms with van der Waals surface area (Å²) in [5.74, 6) is 0.457. The van der Waals surface area contributed by atoms with Crippen molar-refractivity contribution in [2.24, 2.45) is 0 Å². The molecule has 2 aliphatic rings. The lowest BCUT2D eigenvalue weighted by molar-refractivity contribution is 0.0872. The minimum atomic E-state index is -0.379. The molecule has 0 amide bonds. The predicted octanol–water partition coefficient (Wildman–Crippen LogP) is 5.24. The summed E-state index contributed by atoms with van der Waals surface area (Å²) in [4.78, 5) is 15.1. The minimum absolute atomic E-state index is 0.160. The monoisotopic (exact) mass is 419 g/mol. The molecule has 0 aromatic heterocycles. The number of aryl methyl sites for hydroxylation is 1. The number of hydrogen-bond acceptors (Lipinski definition) is 4. The van der Waals surface area contributed by atoms with Crippen LogP contribution in [-0.4, -0.2) is 17.4 Å². The molecule has 156 valence electrons. The van der Waals surface area contributed by atoms with Crippen molar-refractivity contribution in [2.45, 2.75) is 20.0 Å². The van der Waals surface area contributed by atoms with Gasteiger partial charge in [-0.25, -0.2) is 8.78 Å². The Labute approximate surface area is 178 Å². The first kappa shape index (κ1) is 19.5. The number of halogens is 2. The van der Waals surface area contributed by atoms with Crippen molar-refractivity contribution in [2.75, 3.05) is 6.73 Å². The summed E-state index contributed by atoms with van der Waals surface area (Å²) in [5, 5.41) is 0. The molecule has 0 saturated heterocycles. The minimum Gasteiger partial charge on any atom is -0.478 e. The maximum atomic E-state index is 13.5. The molecular weight excluding hydrogens is 400 g/mol. The van der Waals surface area contributed by atoms with Gasteiger partial charge in [-0.15, -0.1) is 0 Å². The van der Waals surface area contributed by atoms with Gasteiger partial charge in [0.1, 0.15) is 29.9 Å². The molecule has 0 atom stereocenters. The number of carbonyl (C=O) groups excluding carboxylic acids is 1. The Morgan fingerprint density at radius 1 is 1.06 bits per heavy atom. The standard InChI is InChI=1S/C25H19F2NO3/c1-15-9-21-20(13-28(14-30-21)12-16-5-7-18(26)8-6-16)25-23(15)24(29)22(31-25)11-17-3-2-4-19(27)10-17/h2-11H,12-14H2,1H3/b22-11-. The molecule has 0 bridgehead atoms. The summed E-state index contributed by atoms with van der Waals surface area (Å²) in [6.07, 6.45) is 1.55. The lowest BCUT2D eigenvalue weighted by Gasteiger charge is -2.30. The van der Waals surface area contributed by atoms with E-state index in [-0.39, 0.29) is 23.2 Å². The number of benzene rings is 3. The Hall–Kier alpha value is -3.51. The van der Waals surface area contributed by atoms with E-state index in [4.69, 9.17) is 9.47 Å². The van der Waals surface area contributed by atoms with Crippen LogP contribution in [0.2, 0.25) is 0 Å². The normalized spacial score (nSPS) is 16.6. The van der Waals surface area contributed by atoms with E-state index in [1.807, 2.05) is 17.9 Å². The molecule has 2 heterocycles. The fourth-order valence-electron chi connectivity index (χ4n) is 3.97. The van der Waals surface area contributed by atoms with Crippen LogP contribution in [0, 0.1) is 18.6 Å². The van der Waals surface area contributed by atoms with Gasteiger partial charge in [-0.3, -0.25) is 9.69 Å². The zero-order chi connectivity index (χ0) is 21.5. The average molecular weight is 419 g/mol. The van der Waals surface area contributed by atoms with Crippen LogP contribution in [-0.2, 0) is 13.1 Å². The highest BCUT2D eigenvalue weighted by Crippen LogP contribution is 2.44. The molecule has 0 fully saturated rings. The largest absolute Gasteiger partial charge is 0.478 e. The van der Waals surface area contributed by atoms with Gasteiger partial charge in [0.15, 0.2) is 5.76 Å². The van der Waals surface area contributed by atoms with E-state index in [1.165, 1.54) is 24.3 Å². The summed E-state index contributed by atoms with van der Waals surface area (Å²) in [6.45, 7) is 3.32. The van der Waals surface area contributed by atoms with E-state index in [9.17, 15) is 13.6 Å². The van der Waals surface area contributed by atoms with Crippen molar-refractivity contribution in [3.63, 3.8) is 0 Å². The van der Waals surface area contributed by atoms with Gasteiger partial charge in [0, 0.05) is 13.1 Å². The molecular formula is C25H19F2NO3. The Balaban J connectivity index is 1.46. The molecule has 3 aromatic carbocycles. The Morgan fingerprint density at radius 2 is 1.87 bits per heavy atom. The lowest BCUT2D eigenvalue weighted by atomic mass is 9.98. The number of ketones is 1. The summed E-state index contributed by atoms with van der Waals surface area (Å²) in [5.41, 5.74) is 3.59. The topological polar surface area (TPSA) is 38.8 Å². The van der Waals surface area contributed by atoms with Crippen LogP contribution >= 0.6 is 0 Å². The number of hydrogen-bond donors (Lipinski definition) is 0. The second-order valence-electron chi connectivity index (χ2n) is 7.76. The van der Waals surface area contributed by atoms with Crippen molar-refractivity contribution in [3.8, 4) is 11.5 Å². The molecule has 3 aromatic rings. The van der Waals surface area contributed by atoms with Crippen LogP contribution < -0.4 is 9.47 Å². The number of ether oxygens (including phenoxy) is 2. The molecule has 0 spiro atoms. The molecule has 0 N–H and O–H groups in total. The van der Waals surface area contributed by atoms with Gasteiger partial charge in [-0.2, -0.15) is 0 Å². The van der Waals surface area contributed by atoms with Crippen LogP contribution in [0.25, 0.3) is 6.08 Å². The highest BCUT2D eigenvalue weighted by atomic mass is 19.1. The molecule has 6 heteroatoms. The Bertz CT molecular complexity index is 1220. The molecule has 4 nitrogen and oxygen atoms in total. The number of nitrogens with zero attached hydrogens (tertiary/aromatic N) is 1. The predicted molar refractivity (Wildman–Crippen MR) is 112 cm³/mol. The highest BCUT2D eigenvalue weighted by Gasteiger charge is 2.35. The van der Waals surface area contributed by atoms with E-state index in [0.717, 1.165) is 16.7 Å². The van der Waals surface area contributed by atoms with Crippen molar-refractivity contribution in [1.82, 2.24) is 4.90 Å². The summed E-state index contributed by atoms with van der Waals surface area (Å²) in [6, 6.07) is 14.2. The van der Waals surface area contributed by atoms with Gasteiger partial charge < -0.3 is 9.47 Å². The highest BCUT2D eigenvalue weighted by molar-refractivity contribution is 6.15. The van der Waals surface area contributed by atoms with Gasteiger partial charge in [0.05, 0.1) is 11.1 Å². The van der Waals surface area contributed by atoms with Crippen LogP contribution in [0.4, 0.5) is 8.78 Å². The van der Waals surface area contributed by atoms with Crippen molar-refractivity contribution in [1.29, 1.82) is 0 Å². The maximum Gasteiger partial charge on any atom is 0.232 e. The van der Waals surface area contributed by atoms with Crippen LogP contribution in [0.1, 0.15) is 32.6 Å². The first-order chi connectivity index (χ1) is 15.0. The van der Waals surface area contributed by atoms with E-state index in [0.29, 0.717) is 42.4 Å². The zero-order valence-electron chi connectivity index (χ0n) is 16.8. The molecule has 0 unspecified atom stereocenters. The van der Waals surface area contributed by atoms with Gasteiger partial charge in [0.2, 0.25) is 5.78 Å². The number of carbonyl (C=O) groups is 1. The molecule has 5 rings (SSSR count). The molecule has 0 saturated carbocycles. The molecule has 0 aliphatic carbocycles. The van der Waals surface area contributed by atoms with Gasteiger partial charge in [-0.1, -0.05) is 24.3 Å². The number of allylic oxidation sites excluding steroid dienone is 1. The van der Waals surface area contributed by atoms with Gasteiger partial charge >= 0.3 is 0 Å². The van der Waals surface area contributed by atoms with E-state index in [1.54, 1.807) is 30.3 Å². The van der Waals surface area contributed by atoms with Crippen LogP contribution in [0.5, 0.6) is 11.5 Å². The Kier molecular flexibility index (Phi) is 4.79. The fraction of sp³-hybridized carbons (Fsp3) is 0.160. The quantitative estimate of drug-likeness (QED) is 0.544. The van der Waals surface area contributed by atoms with Crippen LogP contribution in [0.15, 0.2) is 60.4 Å². The number of fused-ring (bicyclic) bond motifs is 3. The smallest absolute Gasteiger partial charge is 0.232 e. The molecule has 2 aliphatic heterocycles. The third-order valence-electron chi connectivity index (χ3n) is 5.45.